The normalized spacial score (nSPS) is 11.4. The minimum Gasteiger partial charge on any atom is -0.516 e. The molecule has 1 heterocycles. The number of aromatic amines is 1. The lowest BCUT2D eigenvalue weighted by Crippen LogP contribution is -1.86. The Morgan fingerprint density at radius 2 is 2.00 bits per heavy atom. The van der Waals surface area contributed by atoms with Gasteiger partial charge < -0.3 is 10.2 Å². The maximum Gasteiger partial charge on any atom is 0.123 e. The van der Waals surface area contributed by atoms with E-state index in [4.69, 9.17) is 5.11 Å². The first-order valence-corrected chi connectivity index (χ1v) is 6.20. The zero-order valence-corrected chi connectivity index (χ0v) is 10.6. The summed E-state index contributed by atoms with van der Waals surface area (Å²) in [5.41, 5.74) is 3.99. The SMILES string of the molecule is OC=CCc1ccc(O)c(-c2cccc3n[nH]nc23)c1. The van der Waals surface area contributed by atoms with Crippen LogP contribution in [0.1, 0.15) is 5.56 Å². The number of para-hydroxylation sites is 1. The molecule has 0 spiro atoms. The summed E-state index contributed by atoms with van der Waals surface area (Å²) in [4.78, 5) is 0. The van der Waals surface area contributed by atoms with Crippen LogP contribution in [-0.2, 0) is 6.42 Å². The van der Waals surface area contributed by atoms with Crippen molar-refractivity contribution in [1.29, 1.82) is 0 Å². The first kappa shape index (κ1) is 12.2. The summed E-state index contributed by atoms with van der Waals surface area (Å²) in [5.74, 6) is 0.192. The number of aliphatic hydroxyl groups excluding tert-OH is 1. The van der Waals surface area contributed by atoms with Crippen molar-refractivity contribution in [3.8, 4) is 16.9 Å². The first-order chi connectivity index (χ1) is 9.79. The van der Waals surface area contributed by atoms with Gasteiger partial charge in [0, 0.05) is 11.1 Å². The molecule has 0 aliphatic carbocycles. The molecule has 3 N–H and O–H groups in total. The number of aromatic hydroxyl groups is 1. The number of hydrogen-bond acceptors (Lipinski definition) is 4. The van der Waals surface area contributed by atoms with E-state index in [2.05, 4.69) is 15.4 Å². The van der Waals surface area contributed by atoms with E-state index in [-0.39, 0.29) is 5.75 Å². The molecule has 0 aliphatic rings. The third kappa shape index (κ3) is 2.09. The van der Waals surface area contributed by atoms with Crippen LogP contribution >= 0.6 is 0 Å². The number of nitrogens with zero attached hydrogens (tertiary/aromatic N) is 2. The number of allylic oxidation sites excluding steroid dienone is 1. The molecule has 3 rings (SSSR count). The highest BCUT2D eigenvalue weighted by Crippen LogP contribution is 2.33. The van der Waals surface area contributed by atoms with Crippen LogP contribution in [0, 0.1) is 0 Å². The van der Waals surface area contributed by atoms with Crippen molar-refractivity contribution in [3.63, 3.8) is 0 Å². The van der Waals surface area contributed by atoms with Crippen molar-refractivity contribution in [2.45, 2.75) is 6.42 Å². The van der Waals surface area contributed by atoms with Crippen LogP contribution in [0.15, 0.2) is 48.7 Å². The van der Waals surface area contributed by atoms with E-state index < -0.39 is 0 Å². The van der Waals surface area contributed by atoms with Gasteiger partial charge >= 0.3 is 0 Å². The molecule has 0 aliphatic heterocycles. The molecule has 20 heavy (non-hydrogen) atoms. The van der Waals surface area contributed by atoms with Crippen molar-refractivity contribution >= 4 is 11.0 Å². The number of aliphatic hydroxyl groups is 1. The highest BCUT2D eigenvalue weighted by atomic mass is 16.3. The summed E-state index contributed by atoms with van der Waals surface area (Å²) in [6.07, 6.45) is 3.26. The Morgan fingerprint density at radius 1 is 1.10 bits per heavy atom. The van der Waals surface area contributed by atoms with Crippen LogP contribution in [0.25, 0.3) is 22.2 Å². The zero-order chi connectivity index (χ0) is 13.9. The van der Waals surface area contributed by atoms with Crippen LogP contribution in [-0.4, -0.2) is 25.6 Å². The van der Waals surface area contributed by atoms with Gasteiger partial charge in [-0.2, -0.15) is 15.4 Å². The molecule has 0 saturated heterocycles. The highest BCUT2D eigenvalue weighted by Gasteiger charge is 2.11. The number of rotatable bonds is 3. The standard InChI is InChI=1S/C15H13N3O2/c19-8-2-3-10-6-7-14(20)12(9-10)11-4-1-5-13-15(11)17-18-16-13/h1-2,4-9,19-20H,3H2,(H,16,17,18). The van der Waals surface area contributed by atoms with E-state index in [1.165, 1.54) is 0 Å². The quantitative estimate of drug-likeness (QED) is 0.637. The number of benzene rings is 2. The van der Waals surface area contributed by atoms with E-state index >= 15 is 0 Å². The smallest absolute Gasteiger partial charge is 0.123 e. The second kappa shape index (κ2) is 5.05. The third-order valence-electron chi connectivity index (χ3n) is 3.16. The summed E-state index contributed by atoms with van der Waals surface area (Å²) in [7, 11) is 0. The molecule has 100 valence electrons. The molecule has 5 nitrogen and oxygen atoms in total. The van der Waals surface area contributed by atoms with E-state index in [1.807, 2.05) is 30.3 Å². The maximum atomic E-state index is 10.1. The summed E-state index contributed by atoms with van der Waals surface area (Å²) in [6.45, 7) is 0. The number of fused-ring (bicyclic) bond motifs is 1. The fourth-order valence-electron chi connectivity index (χ4n) is 2.20. The number of H-pyrrole nitrogens is 1. The van der Waals surface area contributed by atoms with Crippen molar-refractivity contribution < 1.29 is 10.2 Å². The maximum absolute atomic E-state index is 10.1. The third-order valence-corrected chi connectivity index (χ3v) is 3.16. The Morgan fingerprint density at radius 3 is 2.85 bits per heavy atom. The average Bonchev–Trinajstić information content (AvgIpc) is 2.95. The fourth-order valence-corrected chi connectivity index (χ4v) is 2.20. The second-order valence-electron chi connectivity index (χ2n) is 4.44. The Kier molecular flexibility index (Phi) is 3.09. The molecule has 2 aromatic carbocycles. The number of phenolic OH excluding ortho intramolecular Hbond substituents is 1. The molecule has 0 atom stereocenters. The largest absolute Gasteiger partial charge is 0.516 e. The van der Waals surface area contributed by atoms with Crippen LogP contribution in [0.3, 0.4) is 0 Å². The van der Waals surface area contributed by atoms with Crippen molar-refractivity contribution in [3.05, 3.63) is 54.3 Å². The van der Waals surface area contributed by atoms with Crippen LogP contribution in [0.5, 0.6) is 5.75 Å². The number of phenols is 1. The topological polar surface area (TPSA) is 82.0 Å². The molecule has 1 aromatic heterocycles. The molecular weight excluding hydrogens is 254 g/mol. The number of aromatic nitrogens is 3. The Labute approximate surface area is 115 Å². The summed E-state index contributed by atoms with van der Waals surface area (Å²) in [6, 6.07) is 11.0. The Balaban J connectivity index is 2.15. The van der Waals surface area contributed by atoms with Crippen molar-refractivity contribution in [2.75, 3.05) is 0 Å². The predicted octanol–water partition coefficient (Wildman–Crippen LogP) is 2.94. The fraction of sp³-hybridized carbons (Fsp3) is 0.0667. The second-order valence-corrected chi connectivity index (χ2v) is 4.44. The van der Waals surface area contributed by atoms with Gasteiger partial charge in [0.15, 0.2) is 0 Å². The van der Waals surface area contributed by atoms with Gasteiger partial charge in [-0.1, -0.05) is 18.2 Å². The van der Waals surface area contributed by atoms with Crippen LogP contribution in [0.4, 0.5) is 0 Å². The summed E-state index contributed by atoms with van der Waals surface area (Å²) >= 11 is 0. The van der Waals surface area contributed by atoms with Gasteiger partial charge in [0.2, 0.25) is 0 Å². The molecule has 0 amide bonds. The van der Waals surface area contributed by atoms with Gasteiger partial charge in [-0.25, -0.2) is 0 Å². The van der Waals surface area contributed by atoms with Gasteiger partial charge in [-0.15, -0.1) is 0 Å². The van der Waals surface area contributed by atoms with Gasteiger partial charge in [-0.05, 0) is 36.3 Å². The number of nitrogens with one attached hydrogen (secondary N) is 1. The molecule has 0 fully saturated rings. The average molecular weight is 267 g/mol. The molecule has 3 aromatic rings. The molecule has 0 radical (unpaired) electrons. The molecule has 5 heteroatoms. The van der Waals surface area contributed by atoms with Gasteiger partial charge in [0.05, 0.1) is 6.26 Å². The lowest BCUT2D eigenvalue weighted by atomic mass is 9.99. The van der Waals surface area contributed by atoms with Crippen molar-refractivity contribution in [1.82, 2.24) is 15.4 Å². The Hall–Kier alpha value is -2.82. The molecule has 0 bridgehead atoms. The van der Waals surface area contributed by atoms with E-state index in [1.54, 1.807) is 12.1 Å². The highest BCUT2D eigenvalue weighted by molar-refractivity contribution is 5.93. The molecule has 0 saturated carbocycles. The van der Waals surface area contributed by atoms with Crippen molar-refractivity contribution in [2.24, 2.45) is 0 Å². The lowest BCUT2D eigenvalue weighted by Gasteiger charge is -2.07. The summed E-state index contributed by atoms with van der Waals surface area (Å²) < 4.78 is 0. The van der Waals surface area contributed by atoms with Gasteiger partial charge in [0.25, 0.3) is 0 Å². The minimum absolute atomic E-state index is 0.192. The zero-order valence-electron chi connectivity index (χ0n) is 10.6. The van der Waals surface area contributed by atoms with E-state index in [0.29, 0.717) is 12.0 Å². The monoisotopic (exact) mass is 267 g/mol. The Bertz CT molecular complexity index is 778. The summed E-state index contributed by atoms with van der Waals surface area (Å²) in [5, 5.41) is 29.6. The minimum atomic E-state index is 0.192. The van der Waals surface area contributed by atoms with Crippen LogP contribution in [0.2, 0.25) is 0 Å². The van der Waals surface area contributed by atoms with E-state index in [9.17, 15) is 5.11 Å². The van der Waals surface area contributed by atoms with Crippen LogP contribution < -0.4 is 0 Å². The van der Waals surface area contributed by atoms with Gasteiger partial charge in [0.1, 0.15) is 16.8 Å². The number of hydrogen-bond donors (Lipinski definition) is 3. The first-order valence-electron chi connectivity index (χ1n) is 6.20. The van der Waals surface area contributed by atoms with E-state index in [0.717, 1.165) is 28.4 Å². The predicted molar refractivity (Wildman–Crippen MR) is 76.5 cm³/mol. The molecular formula is C15H13N3O2. The lowest BCUT2D eigenvalue weighted by molar-refractivity contribution is 0.471. The molecule has 0 unspecified atom stereocenters. The van der Waals surface area contributed by atoms with Gasteiger partial charge in [-0.3, -0.25) is 0 Å².